The molecule has 114 valence electrons. The number of hydrogen-bond donors (Lipinski definition) is 1. The van der Waals surface area contributed by atoms with E-state index >= 15 is 0 Å². The van der Waals surface area contributed by atoms with Gasteiger partial charge >= 0.3 is 0 Å². The minimum Gasteiger partial charge on any atom is -0.493 e. The molecule has 1 heterocycles. The van der Waals surface area contributed by atoms with Gasteiger partial charge in [-0.1, -0.05) is 6.07 Å². The largest absolute Gasteiger partial charge is 0.493 e. The van der Waals surface area contributed by atoms with Crippen molar-refractivity contribution in [1.29, 1.82) is 0 Å². The zero-order valence-electron chi connectivity index (χ0n) is 13.2. The smallest absolute Gasteiger partial charge is 0.170 e. The standard InChI is InChI=1S/C15H22N4O2/c1-10(16-3)12-6-7-13(14(8-12)20-5)21-9-15-18-17-11(2)19(15)4/h6-8,10,16H,9H2,1-5H3. The second-order valence-electron chi connectivity index (χ2n) is 4.93. The number of ether oxygens (including phenoxy) is 2. The molecule has 1 aromatic carbocycles. The summed E-state index contributed by atoms with van der Waals surface area (Å²) in [5, 5.41) is 11.3. The molecule has 6 nitrogen and oxygen atoms in total. The molecule has 0 bridgehead atoms. The van der Waals surface area contributed by atoms with Gasteiger partial charge in [-0.2, -0.15) is 0 Å². The van der Waals surface area contributed by atoms with Crippen LogP contribution in [0, 0.1) is 6.92 Å². The van der Waals surface area contributed by atoms with E-state index in [-0.39, 0.29) is 6.04 Å². The number of benzene rings is 1. The molecule has 0 spiro atoms. The van der Waals surface area contributed by atoms with Gasteiger partial charge in [0.2, 0.25) is 0 Å². The fraction of sp³-hybridized carbons (Fsp3) is 0.467. The predicted octanol–water partition coefficient (Wildman–Crippen LogP) is 1.99. The summed E-state index contributed by atoms with van der Waals surface area (Å²) >= 11 is 0. The van der Waals surface area contributed by atoms with E-state index in [0.717, 1.165) is 17.2 Å². The maximum Gasteiger partial charge on any atom is 0.170 e. The Morgan fingerprint density at radius 1 is 1.29 bits per heavy atom. The normalized spacial score (nSPS) is 12.2. The van der Waals surface area contributed by atoms with Gasteiger partial charge in [-0.15, -0.1) is 10.2 Å². The summed E-state index contributed by atoms with van der Waals surface area (Å²) in [5.41, 5.74) is 1.15. The van der Waals surface area contributed by atoms with Crippen LogP contribution in [-0.2, 0) is 13.7 Å². The van der Waals surface area contributed by atoms with E-state index in [4.69, 9.17) is 9.47 Å². The topological polar surface area (TPSA) is 61.2 Å². The molecule has 1 aromatic heterocycles. The van der Waals surface area contributed by atoms with E-state index in [1.165, 1.54) is 0 Å². The molecular formula is C15H22N4O2. The lowest BCUT2D eigenvalue weighted by atomic mass is 10.1. The molecule has 0 radical (unpaired) electrons. The Morgan fingerprint density at radius 3 is 2.62 bits per heavy atom. The summed E-state index contributed by atoms with van der Waals surface area (Å²) in [5.74, 6) is 3.06. The van der Waals surface area contributed by atoms with Crippen molar-refractivity contribution < 1.29 is 9.47 Å². The average Bonchev–Trinajstić information content (AvgIpc) is 2.83. The Kier molecular flexibility index (Phi) is 4.80. The molecule has 0 saturated heterocycles. The van der Waals surface area contributed by atoms with Gasteiger partial charge in [-0.3, -0.25) is 0 Å². The summed E-state index contributed by atoms with van der Waals surface area (Å²) < 4.78 is 13.1. The van der Waals surface area contributed by atoms with Crippen molar-refractivity contribution in [3.05, 3.63) is 35.4 Å². The average molecular weight is 290 g/mol. The van der Waals surface area contributed by atoms with Gasteiger partial charge < -0.3 is 19.4 Å². The number of nitrogens with zero attached hydrogens (tertiary/aromatic N) is 3. The third-order valence-corrected chi connectivity index (χ3v) is 3.66. The molecule has 0 fully saturated rings. The Hall–Kier alpha value is -2.08. The molecule has 1 N–H and O–H groups in total. The first-order valence-electron chi connectivity index (χ1n) is 6.89. The fourth-order valence-corrected chi connectivity index (χ4v) is 1.96. The van der Waals surface area contributed by atoms with E-state index < -0.39 is 0 Å². The van der Waals surface area contributed by atoms with Crippen LogP contribution in [0.5, 0.6) is 11.5 Å². The minimum absolute atomic E-state index is 0.259. The van der Waals surface area contributed by atoms with Gasteiger partial charge in [0.05, 0.1) is 7.11 Å². The molecule has 2 aromatic rings. The first kappa shape index (κ1) is 15.3. The van der Waals surface area contributed by atoms with Gasteiger partial charge in [0.25, 0.3) is 0 Å². The SMILES string of the molecule is CNC(C)c1ccc(OCc2nnc(C)n2C)c(OC)c1. The maximum absolute atomic E-state index is 5.81. The van der Waals surface area contributed by atoms with Crippen LogP contribution in [0.2, 0.25) is 0 Å². The Balaban J connectivity index is 2.14. The van der Waals surface area contributed by atoms with Crippen molar-refractivity contribution in [2.24, 2.45) is 7.05 Å². The highest BCUT2D eigenvalue weighted by atomic mass is 16.5. The minimum atomic E-state index is 0.259. The lowest BCUT2D eigenvalue weighted by molar-refractivity contribution is 0.272. The number of methoxy groups -OCH3 is 1. The fourth-order valence-electron chi connectivity index (χ4n) is 1.96. The van der Waals surface area contributed by atoms with Crippen LogP contribution >= 0.6 is 0 Å². The van der Waals surface area contributed by atoms with Crippen LogP contribution in [-0.4, -0.2) is 28.9 Å². The van der Waals surface area contributed by atoms with Gasteiger partial charge in [-0.05, 0) is 38.6 Å². The van der Waals surface area contributed by atoms with E-state index in [2.05, 4.69) is 22.4 Å². The van der Waals surface area contributed by atoms with E-state index in [1.807, 2.05) is 43.8 Å². The van der Waals surface area contributed by atoms with E-state index in [9.17, 15) is 0 Å². The molecule has 0 saturated carbocycles. The molecular weight excluding hydrogens is 268 g/mol. The van der Waals surface area contributed by atoms with Crippen LogP contribution in [0.25, 0.3) is 0 Å². The lowest BCUT2D eigenvalue weighted by Gasteiger charge is -2.15. The molecule has 0 aliphatic rings. The van der Waals surface area contributed by atoms with Gasteiger partial charge in [-0.25, -0.2) is 0 Å². The zero-order valence-corrected chi connectivity index (χ0v) is 13.2. The first-order valence-corrected chi connectivity index (χ1v) is 6.89. The van der Waals surface area contributed by atoms with Gasteiger partial charge in [0.15, 0.2) is 17.3 Å². The number of hydrogen-bond acceptors (Lipinski definition) is 5. The number of aromatic nitrogens is 3. The third-order valence-electron chi connectivity index (χ3n) is 3.66. The van der Waals surface area contributed by atoms with Gasteiger partial charge in [0, 0.05) is 13.1 Å². The number of rotatable bonds is 6. The zero-order chi connectivity index (χ0) is 15.4. The van der Waals surface area contributed by atoms with Crippen molar-refractivity contribution in [2.75, 3.05) is 14.2 Å². The Labute approximate surface area is 125 Å². The quantitative estimate of drug-likeness (QED) is 0.881. The van der Waals surface area contributed by atoms with Crippen LogP contribution < -0.4 is 14.8 Å². The van der Waals surface area contributed by atoms with Crippen molar-refractivity contribution in [3.63, 3.8) is 0 Å². The second-order valence-corrected chi connectivity index (χ2v) is 4.93. The molecule has 1 atom stereocenters. The van der Waals surface area contributed by atoms with Gasteiger partial charge in [0.1, 0.15) is 12.4 Å². The molecule has 0 aliphatic carbocycles. The first-order chi connectivity index (χ1) is 10.1. The third kappa shape index (κ3) is 3.33. The number of aryl methyl sites for hydroxylation is 1. The summed E-state index contributed by atoms with van der Waals surface area (Å²) in [6.45, 7) is 4.36. The molecule has 0 amide bonds. The molecule has 0 aliphatic heterocycles. The molecule has 1 unspecified atom stereocenters. The second kappa shape index (κ2) is 6.58. The molecule has 2 rings (SSSR count). The predicted molar refractivity (Wildman–Crippen MR) is 80.5 cm³/mol. The maximum atomic E-state index is 5.81. The summed E-state index contributed by atoms with van der Waals surface area (Å²) in [4.78, 5) is 0. The highest BCUT2D eigenvalue weighted by molar-refractivity contribution is 5.43. The van der Waals surface area contributed by atoms with E-state index in [1.54, 1.807) is 7.11 Å². The highest BCUT2D eigenvalue weighted by Crippen LogP contribution is 2.30. The van der Waals surface area contributed by atoms with Crippen LogP contribution in [0.15, 0.2) is 18.2 Å². The summed E-state index contributed by atoms with van der Waals surface area (Å²) in [7, 11) is 5.49. The number of nitrogens with one attached hydrogen (secondary N) is 1. The van der Waals surface area contributed by atoms with Crippen molar-refractivity contribution in [3.8, 4) is 11.5 Å². The molecule has 21 heavy (non-hydrogen) atoms. The summed E-state index contributed by atoms with van der Waals surface area (Å²) in [6, 6.07) is 6.19. The monoisotopic (exact) mass is 290 g/mol. The van der Waals surface area contributed by atoms with Crippen LogP contribution in [0.3, 0.4) is 0 Å². The van der Waals surface area contributed by atoms with Crippen molar-refractivity contribution >= 4 is 0 Å². The lowest BCUT2D eigenvalue weighted by Crippen LogP contribution is -2.12. The van der Waals surface area contributed by atoms with Crippen LogP contribution in [0.4, 0.5) is 0 Å². The Bertz CT molecular complexity index is 610. The summed E-state index contributed by atoms with van der Waals surface area (Å²) in [6.07, 6.45) is 0. The van der Waals surface area contributed by atoms with Crippen LogP contribution in [0.1, 0.15) is 30.2 Å². The van der Waals surface area contributed by atoms with Crippen molar-refractivity contribution in [1.82, 2.24) is 20.1 Å². The van der Waals surface area contributed by atoms with Crippen molar-refractivity contribution in [2.45, 2.75) is 26.5 Å². The Morgan fingerprint density at radius 2 is 2.05 bits per heavy atom. The van der Waals surface area contributed by atoms with E-state index in [0.29, 0.717) is 18.1 Å². The molecule has 6 heteroatoms. The highest BCUT2D eigenvalue weighted by Gasteiger charge is 2.11.